The highest BCUT2D eigenvalue weighted by Crippen LogP contribution is 2.23. The maximum Gasteiger partial charge on any atom is 0.316 e. The third kappa shape index (κ3) is 2.28. The highest BCUT2D eigenvalue weighted by molar-refractivity contribution is 5.99. The molecule has 1 aliphatic carbocycles. The Bertz CT molecular complexity index is 204. The number of esters is 1. The quantitative estimate of drug-likeness (QED) is 0.466. The Hall–Kier alpha value is -0.900. The summed E-state index contributed by atoms with van der Waals surface area (Å²) in [5.41, 5.74) is 0. The lowest BCUT2D eigenvalue weighted by Gasteiger charge is -2.25. The number of rotatable bonds is 2. The second-order valence-corrected chi connectivity index (χ2v) is 3.17. The van der Waals surface area contributed by atoms with Crippen molar-refractivity contribution in [1.82, 2.24) is 0 Å². The fourth-order valence-electron chi connectivity index (χ4n) is 1.57. The van der Waals surface area contributed by atoms with E-state index in [9.17, 15) is 9.59 Å². The van der Waals surface area contributed by atoms with Gasteiger partial charge in [0.25, 0.3) is 0 Å². The van der Waals surface area contributed by atoms with E-state index in [1.165, 1.54) is 7.11 Å². The monoisotopic (exact) mass is 186 g/mol. The molecule has 4 nitrogen and oxygen atoms in total. The van der Waals surface area contributed by atoms with Crippen LogP contribution in [0.3, 0.4) is 0 Å². The van der Waals surface area contributed by atoms with Crippen LogP contribution in [0, 0.1) is 5.92 Å². The smallest absolute Gasteiger partial charge is 0.316 e. The van der Waals surface area contributed by atoms with E-state index in [1.54, 1.807) is 7.11 Å². The average Bonchev–Trinajstić information content (AvgIpc) is 2.17. The molecule has 0 aromatic rings. The Morgan fingerprint density at radius 3 is 2.69 bits per heavy atom. The summed E-state index contributed by atoms with van der Waals surface area (Å²) in [6.45, 7) is 0. The molecular weight excluding hydrogens is 172 g/mol. The van der Waals surface area contributed by atoms with Crippen molar-refractivity contribution < 1.29 is 19.1 Å². The lowest BCUT2D eigenvalue weighted by Crippen LogP contribution is -2.34. The molecule has 74 valence electrons. The molecule has 2 unspecified atom stereocenters. The standard InChI is InChI=1S/C9H14O4/c1-12-6-3-4-8(10)7(5-6)9(11)13-2/h6-7H,3-5H2,1-2H3. The Labute approximate surface area is 77.2 Å². The predicted molar refractivity (Wildman–Crippen MR) is 45.2 cm³/mol. The predicted octanol–water partition coefficient (Wildman–Crippen LogP) is 0.544. The molecule has 1 aliphatic rings. The number of hydrogen-bond acceptors (Lipinski definition) is 4. The lowest BCUT2D eigenvalue weighted by atomic mass is 9.86. The van der Waals surface area contributed by atoms with Crippen LogP contribution in [0.15, 0.2) is 0 Å². The maximum absolute atomic E-state index is 11.3. The topological polar surface area (TPSA) is 52.6 Å². The highest BCUT2D eigenvalue weighted by atomic mass is 16.5. The molecule has 0 bridgehead atoms. The molecule has 0 N–H and O–H groups in total. The molecule has 0 aromatic carbocycles. The van der Waals surface area contributed by atoms with Gasteiger partial charge in [-0.3, -0.25) is 9.59 Å². The minimum absolute atomic E-state index is 0.0156. The number of methoxy groups -OCH3 is 2. The van der Waals surface area contributed by atoms with Gasteiger partial charge >= 0.3 is 5.97 Å². The van der Waals surface area contributed by atoms with Gasteiger partial charge in [0.15, 0.2) is 0 Å². The van der Waals surface area contributed by atoms with E-state index in [4.69, 9.17) is 4.74 Å². The van der Waals surface area contributed by atoms with Crippen molar-refractivity contribution in [3.05, 3.63) is 0 Å². The van der Waals surface area contributed by atoms with Crippen LogP contribution in [0.5, 0.6) is 0 Å². The highest BCUT2D eigenvalue weighted by Gasteiger charge is 2.34. The third-order valence-corrected chi connectivity index (χ3v) is 2.42. The number of ether oxygens (including phenoxy) is 2. The van der Waals surface area contributed by atoms with Gasteiger partial charge in [0.1, 0.15) is 11.7 Å². The number of carbonyl (C=O) groups is 2. The summed E-state index contributed by atoms with van der Waals surface area (Å²) in [6, 6.07) is 0. The summed E-state index contributed by atoms with van der Waals surface area (Å²) in [5.74, 6) is -1.07. The minimum Gasteiger partial charge on any atom is -0.468 e. The molecule has 0 amide bonds. The first kappa shape index (κ1) is 10.2. The first-order valence-electron chi connectivity index (χ1n) is 4.32. The second-order valence-electron chi connectivity index (χ2n) is 3.17. The van der Waals surface area contributed by atoms with Gasteiger partial charge in [-0.1, -0.05) is 0 Å². The summed E-state index contributed by atoms with van der Waals surface area (Å²) in [4.78, 5) is 22.4. The minimum atomic E-state index is -0.608. The summed E-state index contributed by atoms with van der Waals surface area (Å²) in [7, 11) is 2.89. The molecule has 4 heteroatoms. The van der Waals surface area contributed by atoms with Gasteiger partial charge in [-0.2, -0.15) is 0 Å². The maximum atomic E-state index is 11.3. The van der Waals surface area contributed by atoms with E-state index in [0.717, 1.165) is 0 Å². The first-order valence-corrected chi connectivity index (χ1v) is 4.32. The molecule has 1 rings (SSSR count). The molecule has 0 saturated heterocycles. The molecule has 0 aliphatic heterocycles. The number of carbonyl (C=O) groups excluding carboxylic acids is 2. The SMILES string of the molecule is COC(=O)C1CC(OC)CCC1=O. The first-order chi connectivity index (χ1) is 6.19. The van der Waals surface area contributed by atoms with Gasteiger partial charge in [-0.15, -0.1) is 0 Å². The normalized spacial score (nSPS) is 28.6. The summed E-state index contributed by atoms with van der Waals surface area (Å²) >= 11 is 0. The van der Waals surface area contributed by atoms with Crippen LogP contribution < -0.4 is 0 Å². The molecule has 0 heterocycles. The van der Waals surface area contributed by atoms with Crippen molar-refractivity contribution >= 4 is 11.8 Å². The Morgan fingerprint density at radius 2 is 2.15 bits per heavy atom. The van der Waals surface area contributed by atoms with Crippen LogP contribution in [-0.2, 0) is 19.1 Å². The zero-order valence-corrected chi connectivity index (χ0v) is 7.91. The Kier molecular flexibility index (Phi) is 3.42. The molecule has 0 radical (unpaired) electrons. The summed E-state index contributed by atoms with van der Waals surface area (Å²) in [6.07, 6.45) is 1.60. The number of hydrogen-bond donors (Lipinski definition) is 0. The van der Waals surface area contributed by atoms with Gasteiger partial charge in [-0.25, -0.2) is 0 Å². The van der Waals surface area contributed by atoms with Crippen molar-refractivity contribution in [2.24, 2.45) is 5.92 Å². The van der Waals surface area contributed by atoms with Crippen LogP contribution in [0.25, 0.3) is 0 Å². The van der Waals surface area contributed by atoms with Gasteiger partial charge in [0.2, 0.25) is 0 Å². The molecule has 0 spiro atoms. The molecule has 2 atom stereocenters. The van der Waals surface area contributed by atoms with E-state index in [2.05, 4.69) is 4.74 Å². The van der Waals surface area contributed by atoms with Crippen molar-refractivity contribution in [2.75, 3.05) is 14.2 Å². The van der Waals surface area contributed by atoms with Crippen molar-refractivity contribution in [1.29, 1.82) is 0 Å². The zero-order chi connectivity index (χ0) is 9.84. The van der Waals surface area contributed by atoms with Crippen molar-refractivity contribution in [3.8, 4) is 0 Å². The van der Waals surface area contributed by atoms with Gasteiger partial charge in [-0.05, 0) is 12.8 Å². The summed E-state index contributed by atoms with van der Waals surface area (Å²) in [5, 5.41) is 0. The van der Waals surface area contributed by atoms with Crippen LogP contribution >= 0.6 is 0 Å². The largest absolute Gasteiger partial charge is 0.468 e. The van der Waals surface area contributed by atoms with Crippen LogP contribution in [0.4, 0.5) is 0 Å². The molecular formula is C9H14O4. The second kappa shape index (κ2) is 4.37. The van der Waals surface area contributed by atoms with E-state index >= 15 is 0 Å². The summed E-state index contributed by atoms with van der Waals surface area (Å²) < 4.78 is 9.64. The van der Waals surface area contributed by atoms with Crippen molar-refractivity contribution in [3.63, 3.8) is 0 Å². The van der Waals surface area contributed by atoms with Crippen LogP contribution in [0.2, 0.25) is 0 Å². The molecule has 13 heavy (non-hydrogen) atoms. The van der Waals surface area contributed by atoms with E-state index in [0.29, 0.717) is 19.3 Å². The molecule has 1 fully saturated rings. The number of Topliss-reactive ketones (excluding diaryl/α,β-unsaturated/α-hetero) is 1. The average molecular weight is 186 g/mol. The van der Waals surface area contributed by atoms with Gasteiger partial charge < -0.3 is 9.47 Å². The van der Waals surface area contributed by atoms with Crippen LogP contribution in [-0.4, -0.2) is 32.1 Å². The van der Waals surface area contributed by atoms with Crippen LogP contribution in [0.1, 0.15) is 19.3 Å². The molecule has 0 aromatic heterocycles. The Balaban J connectivity index is 2.59. The Morgan fingerprint density at radius 1 is 1.46 bits per heavy atom. The van der Waals surface area contributed by atoms with E-state index in [-0.39, 0.29) is 11.9 Å². The van der Waals surface area contributed by atoms with Gasteiger partial charge in [0.05, 0.1) is 13.2 Å². The fourth-order valence-corrected chi connectivity index (χ4v) is 1.57. The third-order valence-electron chi connectivity index (χ3n) is 2.42. The van der Waals surface area contributed by atoms with E-state index in [1.807, 2.05) is 0 Å². The number of ketones is 1. The fraction of sp³-hybridized carbons (Fsp3) is 0.778. The zero-order valence-electron chi connectivity index (χ0n) is 7.91. The van der Waals surface area contributed by atoms with Gasteiger partial charge in [0, 0.05) is 13.5 Å². The molecule has 1 saturated carbocycles. The lowest BCUT2D eigenvalue weighted by molar-refractivity contribution is -0.152. The van der Waals surface area contributed by atoms with E-state index < -0.39 is 11.9 Å². The van der Waals surface area contributed by atoms with Crippen molar-refractivity contribution in [2.45, 2.75) is 25.4 Å².